The van der Waals surface area contributed by atoms with E-state index in [9.17, 15) is 4.79 Å². The van der Waals surface area contributed by atoms with Gasteiger partial charge in [0, 0.05) is 11.7 Å². The number of carboxylic acids is 1. The third-order valence-corrected chi connectivity index (χ3v) is 3.85. The third-order valence-electron chi connectivity index (χ3n) is 3.54. The molecule has 1 fully saturated rings. The molecule has 1 aromatic rings. The summed E-state index contributed by atoms with van der Waals surface area (Å²) >= 11 is 5.95. The van der Waals surface area contributed by atoms with Crippen molar-refractivity contribution in [3.63, 3.8) is 0 Å². The molecular weight excluding hydrogens is 250 g/mol. The Morgan fingerprint density at radius 1 is 1.50 bits per heavy atom. The lowest BCUT2D eigenvalue weighted by molar-refractivity contribution is 0.0697. The largest absolute Gasteiger partial charge is 0.478 e. The molecule has 0 saturated heterocycles. The zero-order valence-electron chi connectivity index (χ0n) is 10.7. The molecular formula is C14H18ClNO2. The fraction of sp³-hybridized carbons (Fsp3) is 0.500. The zero-order valence-corrected chi connectivity index (χ0v) is 11.4. The first-order valence-corrected chi connectivity index (χ1v) is 6.54. The van der Waals surface area contributed by atoms with Crippen LogP contribution < -0.4 is 5.32 Å². The standard InChI is InChI=1S/C14H18ClNO2/c1-14(2)6-5-10(8-14)16-9-3-4-11(13(17)18)12(15)7-9/h3-4,7,10,16H,5-6,8H2,1-2H3,(H,17,18). The summed E-state index contributed by atoms with van der Waals surface area (Å²) in [6.45, 7) is 4.55. The number of hydrogen-bond donors (Lipinski definition) is 2. The van der Waals surface area contributed by atoms with E-state index in [0.29, 0.717) is 11.5 Å². The molecule has 1 aromatic carbocycles. The van der Waals surface area contributed by atoms with Crippen molar-refractivity contribution in [2.24, 2.45) is 5.41 Å². The molecule has 98 valence electrons. The van der Waals surface area contributed by atoms with Gasteiger partial charge in [0.05, 0.1) is 10.6 Å². The SMILES string of the molecule is CC1(C)CCC(Nc2ccc(C(=O)O)c(Cl)c2)C1. The van der Waals surface area contributed by atoms with Gasteiger partial charge in [0.15, 0.2) is 0 Å². The van der Waals surface area contributed by atoms with Crippen LogP contribution in [0.3, 0.4) is 0 Å². The summed E-state index contributed by atoms with van der Waals surface area (Å²) in [5.41, 5.74) is 1.43. The van der Waals surface area contributed by atoms with E-state index in [4.69, 9.17) is 16.7 Å². The number of carbonyl (C=O) groups is 1. The van der Waals surface area contributed by atoms with Gasteiger partial charge in [-0.15, -0.1) is 0 Å². The summed E-state index contributed by atoms with van der Waals surface area (Å²) in [6.07, 6.45) is 3.49. The number of aromatic carboxylic acids is 1. The highest BCUT2D eigenvalue weighted by Gasteiger charge is 2.30. The molecule has 2 N–H and O–H groups in total. The molecule has 1 atom stereocenters. The Morgan fingerprint density at radius 2 is 2.22 bits per heavy atom. The fourth-order valence-corrected chi connectivity index (χ4v) is 2.83. The molecule has 0 amide bonds. The molecule has 0 spiro atoms. The van der Waals surface area contributed by atoms with Crippen LogP contribution in [-0.4, -0.2) is 17.1 Å². The molecule has 0 aliphatic heterocycles. The van der Waals surface area contributed by atoms with Gasteiger partial charge < -0.3 is 10.4 Å². The first kappa shape index (κ1) is 13.2. The van der Waals surface area contributed by atoms with E-state index in [0.717, 1.165) is 18.5 Å². The minimum absolute atomic E-state index is 0.147. The van der Waals surface area contributed by atoms with Crippen LogP contribution in [0.15, 0.2) is 18.2 Å². The van der Waals surface area contributed by atoms with Crippen LogP contribution in [0, 0.1) is 5.41 Å². The molecule has 18 heavy (non-hydrogen) atoms. The van der Waals surface area contributed by atoms with Gasteiger partial charge in [0.25, 0.3) is 0 Å². The number of rotatable bonds is 3. The highest BCUT2D eigenvalue weighted by molar-refractivity contribution is 6.33. The summed E-state index contributed by atoms with van der Waals surface area (Å²) in [7, 11) is 0. The van der Waals surface area contributed by atoms with Gasteiger partial charge in [0.2, 0.25) is 0 Å². The second kappa shape index (κ2) is 4.81. The van der Waals surface area contributed by atoms with Crippen LogP contribution >= 0.6 is 11.6 Å². The van der Waals surface area contributed by atoms with Crippen molar-refractivity contribution >= 4 is 23.3 Å². The second-order valence-corrected chi connectivity index (χ2v) is 6.16. The Bertz CT molecular complexity index is 471. The second-order valence-electron chi connectivity index (χ2n) is 5.75. The first-order valence-electron chi connectivity index (χ1n) is 6.17. The minimum Gasteiger partial charge on any atom is -0.478 e. The van der Waals surface area contributed by atoms with Crippen molar-refractivity contribution in [3.8, 4) is 0 Å². The quantitative estimate of drug-likeness (QED) is 0.869. The van der Waals surface area contributed by atoms with Crippen LogP contribution in [0.5, 0.6) is 0 Å². The number of benzene rings is 1. The maximum atomic E-state index is 10.9. The monoisotopic (exact) mass is 267 g/mol. The summed E-state index contributed by atoms with van der Waals surface area (Å²) in [5, 5.41) is 12.6. The topological polar surface area (TPSA) is 49.3 Å². The van der Waals surface area contributed by atoms with E-state index in [1.165, 1.54) is 6.42 Å². The van der Waals surface area contributed by atoms with E-state index >= 15 is 0 Å². The zero-order chi connectivity index (χ0) is 13.3. The molecule has 1 unspecified atom stereocenters. The fourth-order valence-electron chi connectivity index (χ4n) is 2.57. The lowest BCUT2D eigenvalue weighted by atomic mass is 9.92. The Kier molecular flexibility index (Phi) is 3.53. The van der Waals surface area contributed by atoms with Gasteiger partial charge in [-0.3, -0.25) is 0 Å². The molecule has 2 rings (SSSR count). The summed E-state index contributed by atoms with van der Waals surface area (Å²) < 4.78 is 0. The number of nitrogens with one attached hydrogen (secondary N) is 1. The van der Waals surface area contributed by atoms with Crippen LogP contribution in [0.1, 0.15) is 43.5 Å². The van der Waals surface area contributed by atoms with Gasteiger partial charge in [-0.25, -0.2) is 4.79 Å². The highest BCUT2D eigenvalue weighted by Crippen LogP contribution is 2.38. The number of hydrogen-bond acceptors (Lipinski definition) is 2. The molecule has 0 radical (unpaired) electrons. The van der Waals surface area contributed by atoms with E-state index in [-0.39, 0.29) is 10.6 Å². The Labute approximate surface area is 112 Å². The molecule has 0 heterocycles. The van der Waals surface area contributed by atoms with Crippen molar-refractivity contribution < 1.29 is 9.90 Å². The summed E-state index contributed by atoms with van der Waals surface area (Å²) in [6, 6.07) is 5.47. The van der Waals surface area contributed by atoms with Crippen LogP contribution in [0.25, 0.3) is 0 Å². The third kappa shape index (κ3) is 2.96. The Morgan fingerprint density at radius 3 is 2.72 bits per heavy atom. The van der Waals surface area contributed by atoms with Gasteiger partial charge >= 0.3 is 5.97 Å². The van der Waals surface area contributed by atoms with E-state index in [1.807, 2.05) is 0 Å². The van der Waals surface area contributed by atoms with E-state index in [1.54, 1.807) is 18.2 Å². The van der Waals surface area contributed by atoms with Crippen molar-refractivity contribution in [1.29, 1.82) is 0 Å². The van der Waals surface area contributed by atoms with E-state index in [2.05, 4.69) is 19.2 Å². The normalized spacial score (nSPS) is 21.8. The van der Waals surface area contributed by atoms with Gasteiger partial charge in [-0.05, 0) is 42.9 Å². The van der Waals surface area contributed by atoms with Crippen molar-refractivity contribution in [2.75, 3.05) is 5.32 Å². The van der Waals surface area contributed by atoms with Crippen molar-refractivity contribution in [3.05, 3.63) is 28.8 Å². The van der Waals surface area contributed by atoms with Crippen LogP contribution in [0.2, 0.25) is 5.02 Å². The maximum absolute atomic E-state index is 10.9. The summed E-state index contributed by atoms with van der Waals surface area (Å²) in [4.78, 5) is 10.9. The lowest BCUT2D eigenvalue weighted by Crippen LogP contribution is -2.17. The average molecular weight is 268 g/mol. The minimum atomic E-state index is -0.992. The number of anilines is 1. The van der Waals surface area contributed by atoms with Crippen LogP contribution in [-0.2, 0) is 0 Å². The highest BCUT2D eigenvalue weighted by atomic mass is 35.5. The predicted molar refractivity (Wildman–Crippen MR) is 73.5 cm³/mol. The van der Waals surface area contributed by atoms with E-state index < -0.39 is 5.97 Å². The molecule has 1 aliphatic rings. The number of carboxylic acid groups (broad SMARTS) is 1. The molecule has 3 nitrogen and oxygen atoms in total. The molecule has 0 aromatic heterocycles. The molecule has 0 bridgehead atoms. The smallest absolute Gasteiger partial charge is 0.337 e. The predicted octanol–water partition coefficient (Wildman–Crippen LogP) is 4.03. The average Bonchev–Trinajstić information content (AvgIpc) is 2.57. The molecule has 1 aliphatic carbocycles. The molecule has 1 saturated carbocycles. The lowest BCUT2D eigenvalue weighted by Gasteiger charge is -2.18. The first-order chi connectivity index (χ1) is 8.37. The Balaban J connectivity index is 2.07. The van der Waals surface area contributed by atoms with Gasteiger partial charge in [0.1, 0.15) is 0 Å². The molecule has 4 heteroatoms. The van der Waals surface area contributed by atoms with Crippen molar-refractivity contribution in [2.45, 2.75) is 39.2 Å². The maximum Gasteiger partial charge on any atom is 0.337 e. The van der Waals surface area contributed by atoms with Crippen LogP contribution in [0.4, 0.5) is 5.69 Å². The van der Waals surface area contributed by atoms with Gasteiger partial charge in [-0.1, -0.05) is 25.4 Å². The Hall–Kier alpha value is -1.22. The number of halogens is 1. The van der Waals surface area contributed by atoms with Gasteiger partial charge in [-0.2, -0.15) is 0 Å². The van der Waals surface area contributed by atoms with Crippen molar-refractivity contribution in [1.82, 2.24) is 0 Å². The summed E-state index contributed by atoms with van der Waals surface area (Å²) in [5.74, 6) is -0.992.